The fourth-order valence-electron chi connectivity index (χ4n) is 2.15. The highest BCUT2D eigenvalue weighted by atomic mass is 16.5. The fraction of sp³-hybridized carbons (Fsp3) is 0.188. The number of ether oxygens (including phenoxy) is 1. The molecule has 0 saturated carbocycles. The Labute approximate surface area is 132 Å². The molecule has 120 valence electrons. The first kappa shape index (κ1) is 16.3. The van der Waals surface area contributed by atoms with Gasteiger partial charge in [0.25, 0.3) is 11.8 Å². The number of hydrogen-bond acceptors (Lipinski definition) is 5. The topological polar surface area (TPSA) is 95.9 Å². The number of aromatic hydroxyl groups is 1. The zero-order valence-corrected chi connectivity index (χ0v) is 12.8. The summed E-state index contributed by atoms with van der Waals surface area (Å²) < 4.78 is 5.09. The summed E-state index contributed by atoms with van der Waals surface area (Å²) in [6.45, 7) is 3.61. The Morgan fingerprint density at radius 2 is 2.04 bits per heavy atom. The number of hydrogen-bond donors (Lipinski definition) is 2. The minimum Gasteiger partial charge on any atom is -0.504 e. The lowest BCUT2D eigenvalue weighted by atomic mass is 10.0. The number of rotatable bonds is 4. The van der Waals surface area contributed by atoms with Gasteiger partial charge in [-0.2, -0.15) is 0 Å². The van der Waals surface area contributed by atoms with Crippen molar-refractivity contribution in [2.24, 2.45) is 0 Å². The van der Waals surface area contributed by atoms with Crippen LogP contribution < -0.4 is 10.1 Å². The molecule has 0 radical (unpaired) electrons. The quantitative estimate of drug-likeness (QED) is 0.495. The van der Waals surface area contributed by atoms with Crippen LogP contribution >= 0.6 is 0 Å². The second kappa shape index (κ2) is 6.35. The van der Waals surface area contributed by atoms with Gasteiger partial charge in [-0.05, 0) is 30.2 Å². The molecule has 1 aliphatic heterocycles. The van der Waals surface area contributed by atoms with Gasteiger partial charge in [-0.3, -0.25) is 19.8 Å². The number of carbonyl (C=O) groups excluding carboxylic acids is 3. The van der Waals surface area contributed by atoms with E-state index in [2.05, 4.69) is 11.9 Å². The van der Waals surface area contributed by atoms with Crippen molar-refractivity contribution in [1.82, 2.24) is 10.2 Å². The molecule has 1 aliphatic rings. The van der Waals surface area contributed by atoms with E-state index in [1.54, 1.807) is 12.1 Å². The molecule has 0 spiro atoms. The van der Waals surface area contributed by atoms with E-state index in [1.807, 2.05) is 0 Å². The molecule has 23 heavy (non-hydrogen) atoms. The Morgan fingerprint density at radius 1 is 1.35 bits per heavy atom. The Kier molecular flexibility index (Phi) is 4.49. The number of nitrogens with one attached hydrogen (secondary N) is 1. The highest BCUT2D eigenvalue weighted by Crippen LogP contribution is 2.33. The average Bonchev–Trinajstić information content (AvgIpc) is 2.52. The fourth-order valence-corrected chi connectivity index (χ4v) is 2.15. The van der Waals surface area contributed by atoms with Crippen LogP contribution in [0.1, 0.15) is 11.1 Å². The Balaban J connectivity index is 2.51. The van der Waals surface area contributed by atoms with Crippen molar-refractivity contribution in [3.05, 3.63) is 41.5 Å². The van der Waals surface area contributed by atoms with Crippen LogP contribution in [0.4, 0.5) is 4.79 Å². The highest BCUT2D eigenvalue weighted by Gasteiger charge is 2.33. The molecule has 1 aromatic rings. The largest absolute Gasteiger partial charge is 0.504 e. The lowest BCUT2D eigenvalue weighted by Crippen LogP contribution is -2.52. The molecule has 4 amide bonds. The molecule has 7 nitrogen and oxygen atoms in total. The standard InChI is InChI=1S/C16H16N2O5/c1-4-5-10-6-9(8-12(23-3)13(10)19)7-11-14(20)17-16(22)18(2)15(11)21/h4,6-8,19H,1,5H2,2-3H3,(H,17,20,22). The Hall–Kier alpha value is -3.09. The van der Waals surface area contributed by atoms with Crippen LogP contribution in [-0.2, 0) is 16.0 Å². The predicted octanol–water partition coefficient (Wildman–Crippen LogP) is 1.22. The third-order valence-corrected chi connectivity index (χ3v) is 3.38. The van der Waals surface area contributed by atoms with Crippen LogP contribution in [0.3, 0.4) is 0 Å². The molecule has 0 unspecified atom stereocenters. The van der Waals surface area contributed by atoms with Crippen molar-refractivity contribution in [2.75, 3.05) is 14.2 Å². The number of imide groups is 2. The molecule has 0 aromatic heterocycles. The van der Waals surface area contributed by atoms with Crippen LogP contribution in [0, 0.1) is 0 Å². The van der Waals surface area contributed by atoms with Crippen molar-refractivity contribution in [2.45, 2.75) is 6.42 Å². The molecule has 0 aliphatic carbocycles. The summed E-state index contributed by atoms with van der Waals surface area (Å²) >= 11 is 0. The van der Waals surface area contributed by atoms with E-state index in [4.69, 9.17) is 4.74 Å². The number of amides is 4. The van der Waals surface area contributed by atoms with E-state index < -0.39 is 17.8 Å². The van der Waals surface area contributed by atoms with Gasteiger partial charge < -0.3 is 9.84 Å². The molecule has 0 atom stereocenters. The van der Waals surface area contributed by atoms with Crippen molar-refractivity contribution >= 4 is 23.9 Å². The average molecular weight is 316 g/mol. The Bertz CT molecular complexity index is 736. The first-order valence-corrected chi connectivity index (χ1v) is 6.74. The maximum absolute atomic E-state index is 12.1. The van der Waals surface area contributed by atoms with E-state index in [9.17, 15) is 19.5 Å². The molecule has 0 bridgehead atoms. The second-order valence-electron chi connectivity index (χ2n) is 4.91. The van der Waals surface area contributed by atoms with Crippen molar-refractivity contribution in [1.29, 1.82) is 0 Å². The minimum atomic E-state index is -0.771. The lowest BCUT2D eigenvalue weighted by molar-refractivity contribution is -0.129. The van der Waals surface area contributed by atoms with Crippen LogP contribution in [-0.4, -0.2) is 42.0 Å². The molecule has 2 rings (SSSR count). The molecule has 1 heterocycles. The third-order valence-electron chi connectivity index (χ3n) is 3.38. The van der Waals surface area contributed by atoms with Gasteiger partial charge in [-0.15, -0.1) is 6.58 Å². The lowest BCUT2D eigenvalue weighted by Gasteiger charge is -2.22. The highest BCUT2D eigenvalue weighted by molar-refractivity contribution is 6.30. The maximum Gasteiger partial charge on any atom is 0.331 e. The van der Waals surface area contributed by atoms with E-state index in [0.717, 1.165) is 4.90 Å². The summed E-state index contributed by atoms with van der Waals surface area (Å²) in [6.07, 6.45) is 3.34. The molecule has 1 aromatic carbocycles. The van der Waals surface area contributed by atoms with Crippen LogP contribution in [0.5, 0.6) is 11.5 Å². The van der Waals surface area contributed by atoms with Crippen molar-refractivity contribution < 1.29 is 24.2 Å². The predicted molar refractivity (Wildman–Crippen MR) is 82.8 cm³/mol. The summed E-state index contributed by atoms with van der Waals surface area (Å²) in [5, 5.41) is 12.1. The molecule has 1 saturated heterocycles. The van der Waals surface area contributed by atoms with Gasteiger partial charge in [-0.25, -0.2) is 4.79 Å². The summed E-state index contributed by atoms with van der Waals surface area (Å²) in [5.74, 6) is -1.28. The molecular formula is C16H16N2O5. The van der Waals surface area contributed by atoms with Gasteiger partial charge in [0, 0.05) is 12.6 Å². The maximum atomic E-state index is 12.1. The summed E-state index contributed by atoms with van der Waals surface area (Å²) in [7, 11) is 2.67. The van der Waals surface area contributed by atoms with Gasteiger partial charge in [-0.1, -0.05) is 6.08 Å². The smallest absolute Gasteiger partial charge is 0.331 e. The molecule has 2 N–H and O–H groups in total. The number of allylic oxidation sites excluding steroid dienone is 1. The first-order chi connectivity index (χ1) is 10.9. The summed E-state index contributed by atoms with van der Waals surface area (Å²) in [4.78, 5) is 36.1. The van der Waals surface area contributed by atoms with Crippen LogP contribution in [0.25, 0.3) is 6.08 Å². The SMILES string of the molecule is C=CCc1cc(C=C2C(=O)NC(=O)N(C)C2=O)cc(OC)c1O. The van der Waals surface area contributed by atoms with Crippen LogP contribution in [0.15, 0.2) is 30.4 Å². The zero-order valence-electron chi connectivity index (χ0n) is 12.8. The molecular weight excluding hydrogens is 300 g/mol. The number of phenols is 1. The van der Waals surface area contributed by atoms with Gasteiger partial charge in [0.2, 0.25) is 0 Å². The number of methoxy groups -OCH3 is 1. The van der Waals surface area contributed by atoms with Gasteiger partial charge >= 0.3 is 6.03 Å². The number of benzene rings is 1. The minimum absolute atomic E-state index is 0.0266. The zero-order chi connectivity index (χ0) is 17.1. The normalized spacial score (nSPS) is 16.5. The van der Waals surface area contributed by atoms with E-state index in [0.29, 0.717) is 17.5 Å². The van der Waals surface area contributed by atoms with E-state index in [1.165, 1.54) is 26.3 Å². The van der Waals surface area contributed by atoms with Gasteiger partial charge in [0.05, 0.1) is 7.11 Å². The first-order valence-electron chi connectivity index (χ1n) is 6.74. The van der Waals surface area contributed by atoms with Crippen molar-refractivity contribution in [3.63, 3.8) is 0 Å². The van der Waals surface area contributed by atoms with Crippen LogP contribution in [0.2, 0.25) is 0 Å². The molecule has 7 heteroatoms. The summed E-state index contributed by atoms with van der Waals surface area (Å²) in [5.41, 5.74) is 0.849. The number of likely N-dealkylation sites (N-methyl/N-ethyl adjacent to an activating group) is 1. The van der Waals surface area contributed by atoms with Gasteiger partial charge in [0.15, 0.2) is 11.5 Å². The number of urea groups is 1. The number of phenolic OH excluding ortho intramolecular Hbond substituents is 1. The Morgan fingerprint density at radius 3 is 2.65 bits per heavy atom. The number of nitrogens with zero attached hydrogens (tertiary/aromatic N) is 1. The number of barbiturate groups is 1. The second-order valence-corrected chi connectivity index (χ2v) is 4.91. The summed E-state index contributed by atoms with van der Waals surface area (Å²) in [6, 6.07) is 2.34. The third kappa shape index (κ3) is 3.08. The van der Waals surface area contributed by atoms with Gasteiger partial charge in [0.1, 0.15) is 5.57 Å². The number of carbonyl (C=O) groups is 3. The van der Waals surface area contributed by atoms with Crippen molar-refractivity contribution in [3.8, 4) is 11.5 Å². The monoisotopic (exact) mass is 316 g/mol. The van der Waals surface area contributed by atoms with E-state index in [-0.39, 0.29) is 17.1 Å². The molecule has 1 fully saturated rings. The van der Waals surface area contributed by atoms with E-state index >= 15 is 0 Å².